The lowest BCUT2D eigenvalue weighted by Gasteiger charge is -2.48. The van der Waals surface area contributed by atoms with Crippen molar-refractivity contribution in [1.82, 2.24) is 0 Å². The SMILES string of the molecule is CC1(C(C)(C)OCO)CCC2=CCC3=C(CC[C@]4(C)CCC[C@@H]34)[C@@]2(C)CC1. The van der Waals surface area contributed by atoms with Gasteiger partial charge in [0.25, 0.3) is 0 Å². The molecule has 0 amide bonds. The summed E-state index contributed by atoms with van der Waals surface area (Å²) < 4.78 is 5.81. The first-order valence-corrected chi connectivity index (χ1v) is 11.3. The summed E-state index contributed by atoms with van der Waals surface area (Å²) in [4.78, 5) is 0. The molecule has 4 rings (SSSR count). The first-order chi connectivity index (χ1) is 12.7. The standard InChI is InChI=1S/C25H40O2/c1-22(2,27-17-26)24(4)14-10-18-8-9-19-20-7-6-12-23(20,3)13-11-21(19)25(18,5)16-15-24/h8,20,26H,6-7,9-17H2,1-5H3/t20-,23-,24?,25-/m0/s1. The predicted molar refractivity (Wildman–Crippen MR) is 111 cm³/mol. The summed E-state index contributed by atoms with van der Waals surface area (Å²) in [5.41, 5.74) is 6.03. The first kappa shape index (κ1) is 19.7. The summed E-state index contributed by atoms with van der Waals surface area (Å²) in [5, 5.41) is 9.40. The van der Waals surface area contributed by atoms with Crippen molar-refractivity contribution < 1.29 is 9.84 Å². The Labute approximate surface area is 166 Å². The van der Waals surface area contributed by atoms with Gasteiger partial charge >= 0.3 is 0 Å². The number of rotatable bonds is 3. The number of fused-ring (bicyclic) bond motifs is 4. The van der Waals surface area contributed by atoms with Crippen LogP contribution in [0, 0.1) is 22.2 Å². The Bertz CT molecular complexity index is 672. The summed E-state index contributed by atoms with van der Waals surface area (Å²) >= 11 is 0. The van der Waals surface area contributed by atoms with Crippen molar-refractivity contribution in [1.29, 1.82) is 0 Å². The van der Waals surface area contributed by atoms with Crippen LogP contribution in [0.4, 0.5) is 0 Å². The van der Waals surface area contributed by atoms with Crippen LogP contribution < -0.4 is 0 Å². The lowest BCUT2D eigenvalue weighted by Crippen LogP contribution is -2.44. The van der Waals surface area contributed by atoms with E-state index in [-0.39, 0.29) is 23.2 Å². The van der Waals surface area contributed by atoms with Gasteiger partial charge in [0.2, 0.25) is 0 Å². The van der Waals surface area contributed by atoms with Crippen LogP contribution in [0.15, 0.2) is 22.8 Å². The zero-order valence-corrected chi connectivity index (χ0v) is 18.3. The molecule has 4 aliphatic carbocycles. The minimum atomic E-state index is -0.292. The van der Waals surface area contributed by atoms with Crippen molar-refractivity contribution >= 4 is 0 Å². The van der Waals surface area contributed by atoms with Crippen LogP contribution in [-0.4, -0.2) is 17.5 Å². The fourth-order valence-corrected chi connectivity index (χ4v) is 7.14. The number of ether oxygens (including phenoxy) is 1. The van der Waals surface area contributed by atoms with Crippen molar-refractivity contribution in [2.75, 3.05) is 6.79 Å². The van der Waals surface area contributed by atoms with Crippen molar-refractivity contribution in [2.45, 2.75) is 104 Å². The molecule has 1 unspecified atom stereocenters. The van der Waals surface area contributed by atoms with Gasteiger partial charge in [0, 0.05) is 5.41 Å². The third-order valence-electron chi connectivity index (χ3n) is 9.78. The molecule has 1 N–H and O–H groups in total. The molecule has 0 aromatic heterocycles. The van der Waals surface area contributed by atoms with Crippen LogP contribution in [0.1, 0.15) is 98.8 Å². The van der Waals surface area contributed by atoms with E-state index in [4.69, 9.17) is 4.74 Å². The molecule has 0 heterocycles. The molecule has 4 aliphatic rings. The van der Waals surface area contributed by atoms with Crippen LogP contribution in [0.3, 0.4) is 0 Å². The van der Waals surface area contributed by atoms with Crippen LogP contribution in [0.25, 0.3) is 0 Å². The van der Waals surface area contributed by atoms with E-state index in [0.717, 1.165) is 12.3 Å². The summed E-state index contributed by atoms with van der Waals surface area (Å²) in [7, 11) is 0. The number of hydrogen-bond donors (Lipinski definition) is 1. The summed E-state index contributed by atoms with van der Waals surface area (Å²) in [6.45, 7) is 11.7. The largest absolute Gasteiger partial charge is 0.371 e. The van der Waals surface area contributed by atoms with Crippen LogP contribution in [0.5, 0.6) is 0 Å². The Morgan fingerprint density at radius 2 is 1.85 bits per heavy atom. The van der Waals surface area contributed by atoms with Crippen molar-refractivity contribution in [3.8, 4) is 0 Å². The molecule has 4 atom stereocenters. The Hall–Kier alpha value is -0.600. The van der Waals surface area contributed by atoms with Crippen molar-refractivity contribution in [3.05, 3.63) is 22.8 Å². The second-order valence-electron chi connectivity index (χ2n) is 11.2. The van der Waals surface area contributed by atoms with E-state index in [0.29, 0.717) is 5.41 Å². The van der Waals surface area contributed by atoms with E-state index in [9.17, 15) is 5.11 Å². The third-order valence-corrected chi connectivity index (χ3v) is 9.78. The van der Waals surface area contributed by atoms with E-state index in [2.05, 4.69) is 40.7 Å². The second kappa shape index (κ2) is 6.46. The summed E-state index contributed by atoms with van der Waals surface area (Å²) in [6.07, 6.45) is 15.6. The predicted octanol–water partition coefficient (Wildman–Crippen LogP) is 6.54. The zero-order chi connectivity index (χ0) is 19.5. The van der Waals surface area contributed by atoms with E-state index < -0.39 is 0 Å². The van der Waals surface area contributed by atoms with Gasteiger partial charge in [0.1, 0.15) is 6.79 Å². The Kier molecular flexibility index (Phi) is 4.71. The van der Waals surface area contributed by atoms with E-state index in [1.165, 1.54) is 57.8 Å². The number of allylic oxidation sites excluding steroid dienone is 4. The van der Waals surface area contributed by atoms with Gasteiger partial charge in [-0.25, -0.2) is 0 Å². The Morgan fingerprint density at radius 3 is 2.59 bits per heavy atom. The minimum Gasteiger partial charge on any atom is -0.371 e. The molecule has 27 heavy (non-hydrogen) atoms. The van der Waals surface area contributed by atoms with Gasteiger partial charge < -0.3 is 9.84 Å². The van der Waals surface area contributed by atoms with Crippen molar-refractivity contribution in [3.63, 3.8) is 0 Å². The van der Waals surface area contributed by atoms with Gasteiger partial charge in [0.15, 0.2) is 0 Å². The molecule has 2 heteroatoms. The normalized spacial score (nSPS) is 42.1. The highest BCUT2D eigenvalue weighted by Gasteiger charge is 2.52. The molecular formula is C25H40O2. The fraction of sp³-hybridized carbons (Fsp3) is 0.840. The van der Waals surface area contributed by atoms with Gasteiger partial charge in [-0.1, -0.05) is 50.0 Å². The van der Waals surface area contributed by atoms with Gasteiger partial charge in [-0.2, -0.15) is 0 Å². The monoisotopic (exact) mass is 372 g/mol. The van der Waals surface area contributed by atoms with Gasteiger partial charge in [-0.15, -0.1) is 0 Å². The maximum Gasteiger partial charge on any atom is 0.144 e. The molecule has 2 saturated carbocycles. The lowest BCUT2D eigenvalue weighted by atomic mass is 9.57. The maximum absolute atomic E-state index is 9.40. The molecule has 0 bridgehead atoms. The molecule has 0 aliphatic heterocycles. The number of aliphatic hydroxyl groups is 1. The quantitative estimate of drug-likeness (QED) is 0.450. The second-order valence-corrected chi connectivity index (χ2v) is 11.2. The molecule has 152 valence electrons. The van der Waals surface area contributed by atoms with Gasteiger partial charge in [-0.3, -0.25) is 0 Å². The van der Waals surface area contributed by atoms with Gasteiger partial charge in [-0.05, 0) is 88.4 Å². The smallest absolute Gasteiger partial charge is 0.144 e. The number of aliphatic hydroxyl groups excluding tert-OH is 1. The molecule has 0 saturated heterocycles. The number of hydrogen-bond acceptors (Lipinski definition) is 2. The average Bonchev–Trinajstić information content (AvgIpc) is 2.94. The van der Waals surface area contributed by atoms with E-state index >= 15 is 0 Å². The maximum atomic E-state index is 9.40. The highest BCUT2D eigenvalue weighted by atomic mass is 16.6. The fourth-order valence-electron chi connectivity index (χ4n) is 7.14. The third kappa shape index (κ3) is 2.89. The Morgan fingerprint density at radius 1 is 1.07 bits per heavy atom. The molecule has 0 radical (unpaired) electrons. The van der Waals surface area contributed by atoms with E-state index in [1.54, 1.807) is 5.57 Å². The van der Waals surface area contributed by atoms with Crippen molar-refractivity contribution in [2.24, 2.45) is 22.2 Å². The highest BCUT2D eigenvalue weighted by molar-refractivity contribution is 5.42. The summed E-state index contributed by atoms with van der Waals surface area (Å²) in [5.74, 6) is 0.847. The first-order valence-electron chi connectivity index (χ1n) is 11.3. The molecular weight excluding hydrogens is 332 g/mol. The molecule has 0 spiro atoms. The van der Waals surface area contributed by atoms with Crippen LogP contribution in [-0.2, 0) is 4.74 Å². The molecule has 0 aromatic carbocycles. The van der Waals surface area contributed by atoms with Crippen LogP contribution >= 0.6 is 0 Å². The van der Waals surface area contributed by atoms with E-state index in [1.807, 2.05) is 11.1 Å². The molecule has 0 aromatic rings. The van der Waals surface area contributed by atoms with Gasteiger partial charge in [0.05, 0.1) is 5.60 Å². The topological polar surface area (TPSA) is 29.5 Å². The Balaban J connectivity index is 1.66. The summed E-state index contributed by atoms with van der Waals surface area (Å²) in [6, 6.07) is 0. The lowest BCUT2D eigenvalue weighted by molar-refractivity contribution is -0.160. The average molecular weight is 373 g/mol. The van der Waals surface area contributed by atoms with Crippen LogP contribution in [0.2, 0.25) is 0 Å². The minimum absolute atomic E-state index is 0.105. The zero-order valence-electron chi connectivity index (χ0n) is 18.3. The molecule has 2 fully saturated rings. The molecule has 2 nitrogen and oxygen atoms in total. The highest BCUT2D eigenvalue weighted by Crippen LogP contribution is 2.63.